The summed E-state index contributed by atoms with van der Waals surface area (Å²) in [5.41, 5.74) is 4.24. The van der Waals surface area contributed by atoms with E-state index in [0.717, 1.165) is 50.8 Å². The molecule has 0 aromatic heterocycles. The van der Waals surface area contributed by atoms with Crippen LogP contribution in [0.15, 0.2) is 89.2 Å². The Hall–Kier alpha value is -2.20. The molecule has 5 rings (SSSR count). The summed E-state index contributed by atoms with van der Waals surface area (Å²) in [5, 5.41) is 7.74. The lowest BCUT2D eigenvalue weighted by molar-refractivity contribution is 0.255. The molecular formula is C35H39BrCl2N2. The molecule has 1 unspecified atom stereocenters. The largest absolute Gasteiger partial charge is 0.342 e. The second kappa shape index (κ2) is 14.1. The quantitative estimate of drug-likeness (QED) is 0.0817. The van der Waals surface area contributed by atoms with Crippen LogP contribution >= 0.6 is 39.1 Å². The maximum Gasteiger partial charge on any atom is 0.141 e. The summed E-state index contributed by atoms with van der Waals surface area (Å²) in [7, 11) is 0. The molecule has 0 amide bonds. The molecule has 5 heteroatoms. The standard InChI is InChI=1S/C35H39BrCl2N2/c1-26(23-27-16-17-29-12-8-13-30(18-20-36)33(29)24-27)9-3-2-6-21-39-25-40(35(38)34(39)37)22-19-31-14-7-11-28-10-4-5-15-32(28)31/h4-5,7-8,10-17,24,26H,2-3,6,9,18-23,25H2,1H3. The first-order valence-electron chi connectivity index (χ1n) is 14.6. The van der Waals surface area contributed by atoms with E-state index in [4.69, 9.17) is 23.2 Å². The van der Waals surface area contributed by atoms with Crippen molar-refractivity contribution in [1.29, 1.82) is 0 Å². The molecule has 0 aliphatic carbocycles. The van der Waals surface area contributed by atoms with E-state index in [1.165, 1.54) is 57.5 Å². The van der Waals surface area contributed by atoms with Crippen LogP contribution in [0, 0.1) is 5.92 Å². The summed E-state index contributed by atoms with van der Waals surface area (Å²) < 4.78 is 0. The molecule has 210 valence electrons. The number of rotatable bonds is 13. The lowest BCUT2D eigenvalue weighted by Gasteiger charge is -2.23. The third kappa shape index (κ3) is 7.16. The Morgan fingerprint density at radius 3 is 2.17 bits per heavy atom. The molecule has 0 bridgehead atoms. The number of hydrogen-bond donors (Lipinski definition) is 0. The van der Waals surface area contributed by atoms with Gasteiger partial charge < -0.3 is 9.80 Å². The van der Waals surface area contributed by atoms with Crippen molar-refractivity contribution in [3.05, 3.63) is 106 Å². The molecule has 0 saturated heterocycles. The van der Waals surface area contributed by atoms with E-state index >= 15 is 0 Å². The van der Waals surface area contributed by atoms with E-state index in [9.17, 15) is 0 Å². The Morgan fingerprint density at radius 1 is 0.725 bits per heavy atom. The molecule has 0 spiro atoms. The summed E-state index contributed by atoms with van der Waals surface area (Å²) in [4.78, 5) is 4.44. The third-order valence-electron chi connectivity index (χ3n) is 8.21. The highest BCUT2D eigenvalue weighted by atomic mass is 79.9. The first kappa shape index (κ1) is 29.3. The van der Waals surface area contributed by atoms with Gasteiger partial charge in [-0.1, -0.05) is 144 Å². The van der Waals surface area contributed by atoms with Crippen LogP contribution in [0.2, 0.25) is 0 Å². The normalized spacial score (nSPS) is 14.6. The van der Waals surface area contributed by atoms with Crippen LogP contribution in [0.3, 0.4) is 0 Å². The molecule has 4 aromatic carbocycles. The summed E-state index contributed by atoms with van der Waals surface area (Å²) in [6.07, 6.45) is 8.00. The fraction of sp³-hybridized carbons (Fsp3) is 0.371. The molecule has 0 saturated carbocycles. The fourth-order valence-electron chi connectivity index (χ4n) is 6.00. The van der Waals surface area contributed by atoms with Gasteiger partial charge in [-0.3, -0.25) is 0 Å². The number of aryl methyl sites for hydroxylation is 1. The van der Waals surface area contributed by atoms with E-state index in [1.807, 2.05) is 0 Å². The maximum atomic E-state index is 6.66. The van der Waals surface area contributed by atoms with Crippen LogP contribution in [0.25, 0.3) is 21.5 Å². The van der Waals surface area contributed by atoms with Gasteiger partial charge in [0.2, 0.25) is 0 Å². The van der Waals surface area contributed by atoms with Crippen LogP contribution in [0.5, 0.6) is 0 Å². The summed E-state index contributed by atoms with van der Waals surface area (Å²) in [5.74, 6) is 0.676. The second-order valence-corrected chi connectivity index (χ2v) is 12.7. The van der Waals surface area contributed by atoms with E-state index in [0.29, 0.717) is 16.2 Å². The van der Waals surface area contributed by atoms with Crippen molar-refractivity contribution in [3.8, 4) is 0 Å². The topological polar surface area (TPSA) is 6.48 Å². The van der Waals surface area contributed by atoms with Gasteiger partial charge in [-0.05, 0) is 69.8 Å². The zero-order valence-corrected chi connectivity index (χ0v) is 26.5. The Bertz CT molecular complexity index is 1460. The molecule has 0 N–H and O–H groups in total. The molecular weight excluding hydrogens is 599 g/mol. The van der Waals surface area contributed by atoms with Crippen molar-refractivity contribution < 1.29 is 0 Å². The zero-order chi connectivity index (χ0) is 27.9. The predicted octanol–water partition coefficient (Wildman–Crippen LogP) is 10.1. The molecule has 1 aliphatic heterocycles. The number of hydrogen-bond acceptors (Lipinski definition) is 2. The first-order valence-corrected chi connectivity index (χ1v) is 16.5. The van der Waals surface area contributed by atoms with E-state index in [-0.39, 0.29) is 0 Å². The fourth-order valence-corrected chi connectivity index (χ4v) is 6.94. The molecule has 1 heterocycles. The molecule has 40 heavy (non-hydrogen) atoms. The van der Waals surface area contributed by atoms with Gasteiger partial charge in [0.1, 0.15) is 10.3 Å². The second-order valence-electron chi connectivity index (χ2n) is 11.2. The first-order chi connectivity index (χ1) is 19.5. The smallest absolute Gasteiger partial charge is 0.141 e. The summed E-state index contributed by atoms with van der Waals surface area (Å²) in [6.45, 7) is 4.98. The number of unbranched alkanes of at least 4 members (excludes halogenated alkanes) is 2. The monoisotopic (exact) mass is 636 g/mol. The van der Waals surface area contributed by atoms with Gasteiger partial charge in [-0.2, -0.15) is 0 Å². The van der Waals surface area contributed by atoms with Crippen LogP contribution in [-0.2, 0) is 19.3 Å². The minimum atomic E-state index is 0.676. The number of halogens is 3. The number of fused-ring (bicyclic) bond motifs is 2. The van der Waals surface area contributed by atoms with Crippen LogP contribution in [0.1, 0.15) is 49.3 Å². The number of nitrogens with zero attached hydrogens (tertiary/aromatic N) is 2. The van der Waals surface area contributed by atoms with Gasteiger partial charge in [-0.25, -0.2) is 0 Å². The SMILES string of the molecule is CC(CCCCCN1CN(CCc2cccc3ccccc23)C(Cl)=C1Cl)Cc1ccc2cccc(CCBr)c2c1. The van der Waals surface area contributed by atoms with E-state index < -0.39 is 0 Å². The molecule has 4 aromatic rings. The predicted molar refractivity (Wildman–Crippen MR) is 177 cm³/mol. The lowest BCUT2D eigenvalue weighted by atomic mass is 9.93. The molecule has 1 aliphatic rings. The number of benzene rings is 4. The highest BCUT2D eigenvalue weighted by Gasteiger charge is 2.26. The maximum absolute atomic E-state index is 6.66. The highest BCUT2D eigenvalue weighted by molar-refractivity contribution is 9.09. The summed E-state index contributed by atoms with van der Waals surface area (Å²) in [6, 6.07) is 28.8. The van der Waals surface area contributed by atoms with E-state index in [2.05, 4.69) is 112 Å². The highest BCUT2D eigenvalue weighted by Crippen LogP contribution is 2.31. The minimum Gasteiger partial charge on any atom is -0.342 e. The van der Waals surface area contributed by atoms with Crippen LogP contribution < -0.4 is 0 Å². The Morgan fingerprint density at radius 2 is 1.40 bits per heavy atom. The molecule has 1 atom stereocenters. The van der Waals surface area contributed by atoms with Gasteiger partial charge in [0, 0.05) is 18.4 Å². The van der Waals surface area contributed by atoms with Gasteiger partial charge in [0.15, 0.2) is 0 Å². The van der Waals surface area contributed by atoms with Gasteiger partial charge >= 0.3 is 0 Å². The van der Waals surface area contributed by atoms with Crippen molar-refractivity contribution in [2.45, 2.75) is 51.9 Å². The van der Waals surface area contributed by atoms with Crippen molar-refractivity contribution in [1.82, 2.24) is 9.80 Å². The zero-order valence-electron chi connectivity index (χ0n) is 23.4. The third-order valence-corrected chi connectivity index (χ3v) is 9.54. The molecule has 2 nitrogen and oxygen atoms in total. The average Bonchev–Trinajstić information content (AvgIpc) is 3.24. The van der Waals surface area contributed by atoms with Crippen molar-refractivity contribution in [2.24, 2.45) is 5.92 Å². The number of alkyl halides is 1. The van der Waals surface area contributed by atoms with E-state index in [1.54, 1.807) is 0 Å². The Balaban J connectivity index is 1.05. The van der Waals surface area contributed by atoms with Gasteiger partial charge in [0.25, 0.3) is 0 Å². The molecule has 0 radical (unpaired) electrons. The Labute approximate surface area is 258 Å². The minimum absolute atomic E-state index is 0.676. The molecule has 0 fully saturated rings. The van der Waals surface area contributed by atoms with Crippen molar-refractivity contribution in [3.63, 3.8) is 0 Å². The Kier molecular flexibility index (Phi) is 10.3. The van der Waals surface area contributed by atoms with Gasteiger partial charge in [-0.15, -0.1) is 0 Å². The van der Waals surface area contributed by atoms with Crippen molar-refractivity contribution >= 4 is 60.7 Å². The lowest BCUT2D eigenvalue weighted by Crippen LogP contribution is -2.29. The average molecular weight is 639 g/mol. The van der Waals surface area contributed by atoms with Crippen LogP contribution in [-0.4, -0.2) is 34.9 Å². The van der Waals surface area contributed by atoms with Crippen LogP contribution in [0.4, 0.5) is 0 Å². The van der Waals surface area contributed by atoms with Crippen molar-refractivity contribution in [2.75, 3.05) is 25.1 Å². The summed E-state index contributed by atoms with van der Waals surface area (Å²) >= 11 is 16.9. The van der Waals surface area contributed by atoms with Gasteiger partial charge in [0.05, 0.1) is 6.67 Å².